The van der Waals surface area contributed by atoms with Crippen LogP contribution in [0.2, 0.25) is 0 Å². The Morgan fingerprint density at radius 1 is 0.652 bits per heavy atom. The van der Waals surface area contributed by atoms with Gasteiger partial charge in [-0.15, -0.1) is 0 Å². The largest absolute Gasteiger partial charge is 0.355 e. The van der Waals surface area contributed by atoms with Gasteiger partial charge in [0.05, 0.1) is 0 Å². The van der Waals surface area contributed by atoms with Crippen molar-refractivity contribution in [3.63, 3.8) is 0 Å². The molecule has 4 fully saturated rings. The molecule has 0 atom stereocenters. The molecule has 0 unspecified atom stereocenters. The first kappa shape index (κ1) is 12.6. The third-order valence-corrected chi connectivity index (χ3v) is 7.44. The summed E-state index contributed by atoms with van der Waals surface area (Å²) in [5.74, 6) is 3.72. The average Bonchev–Trinajstić information content (AvgIpc) is 2.57. The minimum Gasteiger partial charge on any atom is -0.355 e. The lowest BCUT2D eigenvalue weighted by atomic mass is 9.41. The SMILES string of the molecule is c1ccc2c(c1)Nc1ccccc1C21C2CC3CC(C2)CC1C3. The summed E-state index contributed by atoms with van der Waals surface area (Å²) in [5.41, 5.74) is 6.18. The van der Waals surface area contributed by atoms with Crippen LogP contribution < -0.4 is 5.32 Å². The van der Waals surface area contributed by atoms with Crippen molar-refractivity contribution in [2.24, 2.45) is 23.7 Å². The van der Waals surface area contributed by atoms with E-state index < -0.39 is 0 Å². The molecule has 1 heteroatoms. The number of hydrogen-bond donors (Lipinski definition) is 1. The predicted molar refractivity (Wildman–Crippen MR) is 94.0 cm³/mol. The summed E-state index contributed by atoms with van der Waals surface area (Å²) < 4.78 is 0. The lowest BCUT2D eigenvalue weighted by Gasteiger charge is -2.63. The molecule has 116 valence electrons. The third-order valence-electron chi connectivity index (χ3n) is 7.44. The highest BCUT2D eigenvalue weighted by molar-refractivity contribution is 5.76. The van der Waals surface area contributed by atoms with Crippen LogP contribution >= 0.6 is 0 Å². The van der Waals surface area contributed by atoms with Crippen molar-refractivity contribution < 1.29 is 0 Å². The molecule has 5 aliphatic rings. The molecule has 4 aliphatic carbocycles. The van der Waals surface area contributed by atoms with E-state index >= 15 is 0 Å². The highest BCUT2D eigenvalue weighted by Crippen LogP contribution is 2.67. The molecule has 1 spiro atoms. The van der Waals surface area contributed by atoms with Gasteiger partial charge in [-0.1, -0.05) is 36.4 Å². The van der Waals surface area contributed by atoms with E-state index in [4.69, 9.17) is 0 Å². The van der Waals surface area contributed by atoms with E-state index in [1.807, 2.05) is 0 Å². The van der Waals surface area contributed by atoms with Crippen LogP contribution in [0.3, 0.4) is 0 Å². The molecule has 2 aromatic carbocycles. The Balaban J connectivity index is 1.67. The van der Waals surface area contributed by atoms with Gasteiger partial charge in [-0.2, -0.15) is 0 Å². The number of nitrogens with one attached hydrogen (secondary N) is 1. The summed E-state index contributed by atoms with van der Waals surface area (Å²) in [5, 5.41) is 3.72. The van der Waals surface area contributed by atoms with Gasteiger partial charge in [-0.05, 0) is 79.0 Å². The minimum absolute atomic E-state index is 0.284. The summed E-state index contributed by atoms with van der Waals surface area (Å²) in [4.78, 5) is 0. The predicted octanol–water partition coefficient (Wildman–Crippen LogP) is 5.49. The van der Waals surface area contributed by atoms with E-state index in [-0.39, 0.29) is 5.41 Å². The molecule has 0 amide bonds. The van der Waals surface area contributed by atoms with Crippen LogP contribution in [-0.4, -0.2) is 0 Å². The fourth-order valence-corrected chi connectivity index (χ4v) is 7.00. The summed E-state index contributed by atoms with van der Waals surface area (Å²) in [6, 6.07) is 18.3. The van der Waals surface area contributed by atoms with Gasteiger partial charge < -0.3 is 5.32 Å². The summed E-state index contributed by atoms with van der Waals surface area (Å²) in [6.45, 7) is 0. The van der Waals surface area contributed by atoms with Crippen molar-refractivity contribution >= 4 is 11.4 Å². The Kier molecular flexibility index (Phi) is 2.31. The molecule has 23 heavy (non-hydrogen) atoms. The maximum absolute atomic E-state index is 3.72. The normalized spacial score (nSPS) is 34.8. The van der Waals surface area contributed by atoms with Crippen LogP contribution in [0, 0.1) is 23.7 Å². The Hall–Kier alpha value is -1.76. The van der Waals surface area contributed by atoms with Crippen LogP contribution in [-0.2, 0) is 5.41 Å². The van der Waals surface area contributed by atoms with Crippen molar-refractivity contribution in [2.75, 3.05) is 5.32 Å². The number of hydrogen-bond acceptors (Lipinski definition) is 1. The molecule has 4 bridgehead atoms. The first-order chi connectivity index (χ1) is 11.4. The topological polar surface area (TPSA) is 12.0 Å². The quantitative estimate of drug-likeness (QED) is 0.679. The molecular weight excluding hydrogens is 278 g/mol. The third kappa shape index (κ3) is 1.45. The maximum atomic E-state index is 3.72. The van der Waals surface area contributed by atoms with Gasteiger partial charge in [0, 0.05) is 16.8 Å². The fraction of sp³-hybridized carbons (Fsp3) is 0.455. The summed E-state index contributed by atoms with van der Waals surface area (Å²) in [7, 11) is 0. The molecule has 0 radical (unpaired) electrons. The summed E-state index contributed by atoms with van der Waals surface area (Å²) in [6.07, 6.45) is 7.33. The van der Waals surface area contributed by atoms with Gasteiger partial charge in [0.2, 0.25) is 0 Å². The standard InChI is InChI=1S/C22H23N/c1-3-7-20-18(5-1)22(19-6-2-4-8-21(19)23-20)16-10-14-9-15(12-16)13-17(22)11-14/h1-8,14-17,23H,9-13H2. The van der Waals surface area contributed by atoms with E-state index in [9.17, 15) is 0 Å². The zero-order chi connectivity index (χ0) is 15.0. The molecule has 1 heterocycles. The fourth-order valence-electron chi connectivity index (χ4n) is 7.00. The van der Waals surface area contributed by atoms with Crippen molar-refractivity contribution in [1.29, 1.82) is 0 Å². The highest BCUT2D eigenvalue weighted by Gasteiger charge is 2.60. The second-order valence-corrected chi connectivity index (χ2v) is 8.39. The average molecular weight is 301 g/mol. The number of para-hydroxylation sites is 2. The van der Waals surface area contributed by atoms with E-state index in [2.05, 4.69) is 53.8 Å². The lowest BCUT2D eigenvalue weighted by molar-refractivity contribution is -0.0417. The molecule has 0 aromatic heterocycles. The number of benzene rings is 2. The molecule has 7 rings (SSSR count). The van der Waals surface area contributed by atoms with Crippen molar-refractivity contribution in [3.05, 3.63) is 59.7 Å². The first-order valence-corrected chi connectivity index (χ1v) is 9.31. The highest BCUT2D eigenvalue weighted by atomic mass is 14.9. The van der Waals surface area contributed by atoms with Gasteiger partial charge in [0.15, 0.2) is 0 Å². The Morgan fingerprint density at radius 2 is 1.13 bits per heavy atom. The molecule has 1 N–H and O–H groups in total. The molecule has 4 saturated carbocycles. The number of fused-ring (bicyclic) bond motifs is 2. The van der Waals surface area contributed by atoms with Crippen molar-refractivity contribution in [2.45, 2.75) is 37.5 Å². The minimum atomic E-state index is 0.284. The van der Waals surface area contributed by atoms with Crippen molar-refractivity contribution in [1.82, 2.24) is 0 Å². The van der Waals surface area contributed by atoms with E-state index in [0.717, 1.165) is 23.7 Å². The van der Waals surface area contributed by atoms with E-state index in [1.165, 1.54) is 43.5 Å². The monoisotopic (exact) mass is 301 g/mol. The molecular formula is C22H23N. The van der Waals surface area contributed by atoms with Gasteiger partial charge >= 0.3 is 0 Å². The number of rotatable bonds is 0. The van der Waals surface area contributed by atoms with Crippen molar-refractivity contribution in [3.8, 4) is 0 Å². The van der Waals surface area contributed by atoms with Gasteiger partial charge in [-0.3, -0.25) is 0 Å². The molecule has 2 aromatic rings. The van der Waals surface area contributed by atoms with Crippen LogP contribution in [0.1, 0.15) is 43.2 Å². The van der Waals surface area contributed by atoms with Gasteiger partial charge in [0.1, 0.15) is 0 Å². The lowest BCUT2D eigenvalue weighted by Crippen LogP contribution is -2.57. The van der Waals surface area contributed by atoms with Crippen LogP contribution in [0.5, 0.6) is 0 Å². The smallest absolute Gasteiger partial charge is 0.0426 e. The molecule has 1 nitrogen and oxygen atoms in total. The van der Waals surface area contributed by atoms with E-state index in [1.54, 1.807) is 11.1 Å². The summed E-state index contributed by atoms with van der Waals surface area (Å²) >= 11 is 0. The van der Waals surface area contributed by atoms with Crippen LogP contribution in [0.4, 0.5) is 11.4 Å². The van der Waals surface area contributed by atoms with Gasteiger partial charge in [0.25, 0.3) is 0 Å². The Morgan fingerprint density at radius 3 is 1.65 bits per heavy atom. The second-order valence-electron chi connectivity index (χ2n) is 8.39. The second kappa shape index (κ2) is 4.20. The zero-order valence-corrected chi connectivity index (χ0v) is 13.5. The number of anilines is 2. The van der Waals surface area contributed by atoms with Crippen LogP contribution in [0.15, 0.2) is 48.5 Å². The van der Waals surface area contributed by atoms with Crippen LogP contribution in [0.25, 0.3) is 0 Å². The Bertz CT molecular complexity index is 715. The maximum Gasteiger partial charge on any atom is 0.0426 e. The molecule has 1 aliphatic heterocycles. The first-order valence-electron chi connectivity index (χ1n) is 9.31. The molecule has 0 saturated heterocycles. The Labute approximate surface area is 138 Å². The van der Waals surface area contributed by atoms with E-state index in [0.29, 0.717) is 0 Å². The van der Waals surface area contributed by atoms with Gasteiger partial charge in [-0.25, -0.2) is 0 Å². The zero-order valence-electron chi connectivity index (χ0n) is 13.5.